The minimum atomic E-state index is -0.0374. The summed E-state index contributed by atoms with van der Waals surface area (Å²) in [5, 5.41) is 3.13. The van der Waals surface area contributed by atoms with E-state index in [9.17, 15) is 4.79 Å². The van der Waals surface area contributed by atoms with Crippen LogP contribution < -0.4 is 10.1 Å². The topological polar surface area (TPSA) is 38.3 Å². The van der Waals surface area contributed by atoms with Crippen LogP contribution in [0.3, 0.4) is 0 Å². The van der Waals surface area contributed by atoms with E-state index in [0.717, 1.165) is 33.3 Å². The van der Waals surface area contributed by atoms with Crippen LogP contribution in [0.1, 0.15) is 39.5 Å². The van der Waals surface area contributed by atoms with Crippen LogP contribution in [0.25, 0.3) is 0 Å². The van der Waals surface area contributed by atoms with Crippen molar-refractivity contribution in [3.8, 4) is 5.75 Å². The fourth-order valence-electron chi connectivity index (χ4n) is 2.86. The van der Waals surface area contributed by atoms with Gasteiger partial charge in [-0.3, -0.25) is 4.79 Å². The summed E-state index contributed by atoms with van der Waals surface area (Å²) in [6.45, 7) is 4.63. The summed E-state index contributed by atoms with van der Waals surface area (Å²) in [6.07, 6.45) is 0.778. The van der Waals surface area contributed by atoms with Crippen molar-refractivity contribution in [2.24, 2.45) is 0 Å². The van der Waals surface area contributed by atoms with E-state index in [1.165, 1.54) is 0 Å². The van der Waals surface area contributed by atoms with Crippen LogP contribution >= 0.6 is 15.9 Å². The third kappa shape index (κ3) is 3.17. The second kappa shape index (κ2) is 6.13. The van der Waals surface area contributed by atoms with Crippen molar-refractivity contribution in [1.29, 1.82) is 0 Å². The Morgan fingerprint density at radius 1 is 1.18 bits per heavy atom. The van der Waals surface area contributed by atoms with Gasteiger partial charge in [-0.1, -0.05) is 33.1 Å². The van der Waals surface area contributed by atoms with E-state index in [0.29, 0.717) is 12.2 Å². The van der Waals surface area contributed by atoms with Crippen LogP contribution in [0.4, 0.5) is 0 Å². The molecule has 2 aromatic carbocycles. The lowest BCUT2D eigenvalue weighted by Gasteiger charge is -2.27. The molecule has 22 heavy (non-hydrogen) atoms. The van der Waals surface area contributed by atoms with Crippen molar-refractivity contribution in [1.82, 2.24) is 5.32 Å². The first-order valence-electron chi connectivity index (χ1n) is 7.34. The lowest BCUT2D eigenvalue weighted by molar-refractivity contribution is 0.0924. The molecule has 0 fully saturated rings. The molecule has 0 aliphatic carbocycles. The molecule has 1 heterocycles. The Hall–Kier alpha value is -1.81. The molecule has 0 spiro atoms. The molecule has 1 amide bonds. The van der Waals surface area contributed by atoms with Gasteiger partial charge in [0.15, 0.2) is 0 Å². The molecule has 4 heteroatoms. The van der Waals surface area contributed by atoms with Crippen molar-refractivity contribution in [3.63, 3.8) is 0 Å². The highest BCUT2D eigenvalue weighted by atomic mass is 79.9. The maximum atomic E-state index is 12.5. The fourth-order valence-corrected chi connectivity index (χ4v) is 3.24. The van der Waals surface area contributed by atoms with E-state index in [-0.39, 0.29) is 11.9 Å². The van der Waals surface area contributed by atoms with Crippen LogP contribution in [-0.2, 0) is 0 Å². The van der Waals surface area contributed by atoms with Crippen molar-refractivity contribution >= 4 is 21.8 Å². The molecule has 0 radical (unpaired) electrons. The zero-order valence-electron chi connectivity index (χ0n) is 12.7. The predicted octanol–water partition coefficient (Wildman–Crippen LogP) is 4.32. The first-order chi connectivity index (χ1) is 10.5. The maximum Gasteiger partial charge on any atom is 0.251 e. The van der Waals surface area contributed by atoms with Crippen LogP contribution in [0.15, 0.2) is 40.9 Å². The van der Waals surface area contributed by atoms with Gasteiger partial charge in [0.1, 0.15) is 5.75 Å². The van der Waals surface area contributed by atoms with E-state index in [1.807, 2.05) is 44.2 Å². The summed E-state index contributed by atoms with van der Waals surface area (Å²) in [7, 11) is 0. The molecular weight excluding hydrogens is 342 g/mol. The number of amides is 1. The Morgan fingerprint density at radius 3 is 2.64 bits per heavy atom. The highest BCUT2D eigenvalue weighted by Gasteiger charge is 2.23. The monoisotopic (exact) mass is 359 g/mol. The Labute approximate surface area is 138 Å². The molecule has 1 atom stereocenters. The summed E-state index contributed by atoms with van der Waals surface area (Å²) < 4.78 is 6.65. The molecule has 3 nitrogen and oxygen atoms in total. The largest absolute Gasteiger partial charge is 0.493 e. The number of carbonyl (C=O) groups excluding carboxylic acids is 1. The molecular formula is C18H18BrNO2. The van der Waals surface area contributed by atoms with Gasteiger partial charge in [0.25, 0.3) is 5.91 Å². The average molecular weight is 360 g/mol. The number of hydrogen-bond donors (Lipinski definition) is 1. The molecule has 1 N–H and O–H groups in total. The van der Waals surface area contributed by atoms with E-state index < -0.39 is 0 Å². The summed E-state index contributed by atoms with van der Waals surface area (Å²) in [4.78, 5) is 12.5. The molecule has 1 aliphatic heterocycles. The lowest BCUT2D eigenvalue weighted by atomic mass is 9.99. The second-order valence-electron chi connectivity index (χ2n) is 5.72. The number of benzene rings is 2. The Bertz CT molecular complexity index is 707. The van der Waals surface area contributed by atoms with Crippen LogP contribution in [-0.4, -0.2) is 12.5 Å². The van der Waals surface area contributed by atoms with Gasteiger partial charge < -0.3 is 10.1 Å². The van der Waals surface area contributed by atoms with Crippen molar-refractivity contribution in [3.05, 3.63) is 63.1 Å². The number of fused-ring (bicyclic) bond motifs is 1. The number of nitrogens with one attached hydrogen (secondary N) is 1. The first kappa shape index (κ1) is 15.1. The van der Waals surface area contributed by atoms with E-state index >= 15 is 0 Å². The van der Waals surface area contributed by atoms with Crippen molar-refractivity contribution in [2.75, 3.05) is 6.61 Å². The number of aryl methyl sites for hydroxylation is 2. The number of carbonyl (C=O) groups is 1. The number of hydrogen-bond acceptors (Lipinski definition) is 2. The Kier molecular flexibility index (Phi) is 4.21. The normalized spacial score (nSPS) is 16.6. The molecule has 0 saturated heterocycles. The summed E-state index contributed by atoms with van der Waals surface area (Å²) >= 11 is 3.48. The SMILES string of the molecule is Cc1cc(C)cc(C(=O)NC2CCOc3ccc(Br)cc32)c1. The first-order valence-corrected chi connectivity index (χ1v) is 8.13. The lowest BCUT2D eigenvalue weighted by Crippen LogP contribution is -2.32. The van der Waals surface area contributed by atoms with Crippen LogP contribution in [0, 0.1) is 13.8 Å². The summed E-state index contributed by atoms with van der Waals surface area (Å²) in [5.74, 6) is 0.810. The zero-order chi connectivity index (χ0) is 15.7. The van der Waals surface area contributed by atoms with Gasteiger partial charge in [-0.05, 0) is 44.2 Å². The van der Waals surface area contributed by atoms with Crippen molar-refractivity contribution in [2.45, 2.75) is 26.3 Å². The Morgan fingerprint density at radius 2 is 1.91 bits per heavy atom. The van der Waals surface area contributed by atoms with Gasteiger partial charge in [-0.25, -0.2) is 0 Å². The molecule has 0 bridgehead atoms. The molecule has 114 valence electrons. The van der Waals surface area contributed by atoms with Gasteiger partial charge in [-0.15, -0.1) is 0 Å². The van der Waals surface area contributed by atoms with Crippen LogP contribution in [0.2, 0.25) is 0 Å². The zero-order valence-corrected chi connectivity index (χ0v) is 14.2. The molecule has 1 unspecified atom stereocenters. The van der Waals surface area contributed by atoms with Crippen LogP contribution in [0.5, 0.6) is 5.75 Å². The minimum absolute atomic E-state index is 0.0189. The molecule has 2 aromatic rings. The number of ether oxygens (including phenoxy) is 1. The third-order valence-corrected chi connectivity index (χ3v) is 4.29. The summed E-state index contributed by atoms with van der Waals surface area (Å²) in [6, 6.07) is 11.8. The number of rotatable bonds is 2. The fraction of sp³-hybridized carbons (Fsp3) is 0.278. The van der Waals surface area contributed by atoms with E-state index in [2.05, 4.69) is 27.3 Å². The smallest absolute Gasteiger partial charge is 0.251 e. The number of halogens is 1. The van der Waals surface area contributed by atoms with Gasteiger partial charge in [0.05, 0.1) is 12.6 Å². The Balaban J connectivity index is 1.85. The molecule has 0 saturated carbocycles. The molecule has 3 rings (SSSR count). The molecule has 1 aliphatic rings. The molecule has 0 aromatic heterocycles. The highest BCUT2D eigenvalue weighted by molar-refractivity contribution is 9.10. The summed E-state index contributed by atoms with van der Waals surface area (Å²) in [5.41, 5.74) is 3.93. The van der Waals surface area contributed by atoms with Gasteiger partial charge in [0, 0.05) is 22.0 Å². The maximum absolute atomic E-state index is 12.5. The average Bonchev–Trinajstić information content (AvgIpc) is 2.47. The second-order valence-corrected chi connectivity index (χ2v) is 6.64. The van der Waals surface area contributed by atoms with Gasteiger partial charge >= 0.3 is 0 Å². The van der Waals surface area contributed by atoms with E-state index in [1.54, 1.807) is 0 Å². The van der Waals surface area contributed by atoms with Crippen molar-refractivity contribution < 1.29 is 9.53 Å². The quantitative estimate of drug-likeness (QED) is 0.866. The standard InChI is InChI=1S/C18H18BrNO2/c1-11-7-12(2)9-13(8-11)18(21)20-16-5-6-22-17-4-3-14(19)10-15(16)17/h3-4,7-10,16H,5-6H2,1-2H3,(H,20,21). The predicted molar refractivity (Wildman–Crippen MR) is 90.4 cm³/mol. The van der Waals surface area contributed by atoms with E-state index in [4.69, 9.17) is 4.74 Å². The highest BCUT2D eigenvalue weighted by Crippen LogP contribution is 2.34. The minimum Gasteiger partial charge on any atom is -0.493 e. The van der Waals surface area contributed by atoms with Gasteiger partial charge in [0.2, 0.25) is 0 Å². The third-order valence-electron chi connectivity index (χ3n) is 3.80. The van der Waals surface area contributed by atoms with Gasteiger partial charge in [-0.2, -0.15) is 0 Å².